The summed E-state index contributed by atoms with van der Waals surface area (Å²) in [5, 5.41) is 12.3. The van der Waals surface area contributed by atoms with E-state index >= 15 is 0 Å². The zero-order valence-corrected chi connectivity index (χ0v) is 17.2. The van der Waals surface area contributed by atoms with Crippen LogP contribution in [0.2, 0.25) is 0 Å². The molecule has 7 nitrogen and oxygen atoms in total. The zero-order chi connectivity index (χ0) is 20.5. The first kappa shape index (κ1) is 18.8. The van der Waals surface area contributed by atoms with Gasteiger partial charge in [-0.1, -0.05) is 18.2 Å². The number of nitrogens with zero attached hydrogens (tertiary/aromatic N) is 5. The molecule has 2 aliphatic rings. The molecule has 0 bridgehead atoms. The van der Waals surface area contributed by atoms with E-state index in [4.69, 9.17) is 4.98 Å². The number of likely N-dealkylation sites (N-methyl/N-ethyl adjacent to an activating group) is 1. The van der Waals surface area contributed by atoms with Crippen molar-refractivity contribution in [1.29, 1.82) is 0 Å². The van der Waals surface area contributed by atoms with E-state index in [0.29, 0.717) is 11.6 Å². The number of amides is 1. The summed E-state index contributed by atoms with van der Waals surface area (Å²) in [5.74, 6) is 1.74. The van der Waals surface area contributed by atoms with Gasteiger partial charge in [0, 0.05) is 43.8 Å². The quantitative estimate of drug-likeness (QED) is 0.707. The number of pyridine rings is 1. The van der Waals surface area contributed by atoms with E-state index in [1.54, 1.807) is 6.20 Å². The van der Waals surface area contributed by atoms with Gasteiger partial charge >= 0.3 is 0 Å². The molecule has 30 heavy (non-hydrogen) atoms. The minimum atomic E-state index is -0.00409. The van der Waals surface area contributed by atoms with Gasteiger partial charge in [-0.3, -0.25) is 4.79 Å². The fraction of sp³-hybridized carbons (Fsp3) is 0.391. The van der Waals surface area contributed by atoms with Crippen LogP contribution in [0.3, 0.4) is 0 Å². The molecule has 1 aromatic carbocycles. The SMILES string of the molecule is CN(c1cc(C(=O)NC2CC2)c2ccccc2n1)C1CCCN(c2cccnn2)C1. The maximum atomic E-state index is 12.9. The highest BCUT2D eigenvalue weighted by Gasteiger charge is 2.28. The highest BCUT2D eigenvalue weighted by Crippen LogP contribution is 2.28. The first-order valence-electron chi connectivity index (χ1n) is 10.6. The van der Waals surface area contributed by atoms with E-state index < -0.39 is 0 Å². The van der Waals surface area contributed by atoms with Gasteiger partial charge in [0.25, 0.3) is 5.91 Å². The number of hydrogen-bond acceptors (Lipinski definition) is 6. The molecule has 1 atom stereocenters. The van der Waals surface area contributed by atoms with E-state index in [-0.39, 0.29) is 11.9 Å². The molecule has 0 spiro atoms. The molecule has 0 radical (unpaired) electrons. The number of para-hydroxylation sites is 1. The van der Waals surface area contributed by atoms with Gasteiger partial charge in [0.2, 0.25) is 0 Å². The number of hydrogen-bond donors (Lipinski definition) is 1. The third-order valence-electron chi connectivity index (χ3n) is 6.05. The Morgan fingerprint density at radius 3 is 2.83 bits per heavy atom. The number of piperidine rings is 1. The minimum absolute atomic E-state index is 0.00409. The van der Waals surface area contributed by atoms with Crippen LogP contribution in [-0.4, -0.2) is 53.3 Å². The third kappa shape index (κ3) is 3.79. The zero-order valence-electron chi connectivity index (χ0n) is 17.2. The second-order valence-corrected chi connectivity index (χ2v) is 8.23. The predicted octanol–water partition coefficient (Wildman–Crippen LogP) is 3.02. The second-order valence-electron chi connectivity index (χ2n) is 8.23. The highest BCUT2D eigenvalue weighted by atomic mass is 16.1. The summed E-state index contributed by atoms with van der Waals surface area (Å²) in [4.78, 5) is 22.3. The summed E-state index contributed by atoms with van der Waals surface area (Å²) in [6.07, 6.45) is 5.99. The number of benzene rings is 1. The van der Waals surface area contributed by atoms with Gasteiger partial charge in [0.1, 0.15) is 5.82 Å². The molecule has 3 aromatic rings. The van der Waals surface area contributed by atoms with E-state index in [9.17, 15) is 4.79 Å². The molecule has 1 N–H and O–H groups in total. The van der Waals surface area contributed by atoms with Crippen LogP contribution in [0.4, 0.5) is 11.6 Å². The van der Waals surface area contributed by atoms with E-state index in [1.165, 1.54) is 0 Å². The highest BCUT2D eigenvalue weighted by molar-refractivity contribution is 6.07. The molecule has 3 heterocycles. The molecule has 2 fully saturated rings. The smallest absolute Gasteiger partial charge is 0.252 e. The Hall–Kier alpha value is -3.22. The molecule has 1 aliphatic heterocycles. The Bertz CT molecular complexity index is 1050. The predicted molar refractivity (Wildman–Crippen MR) is 118 cm³/mol. The Morgan fingerprint density at radius 2 is 2.03 bits per heavy atom. The van der Waals surface area contributed by atoms with Crippen molar-refractivity contribution < 1.29 is 4.79 Å². The van der Waals surface area contributed by atoms with Gasteiger partial charge in [-0.05, 0) is 49.9 Å². The third-order valence-corrected chi connectivity index (χ3v) is 6.05. The largest absolute Gasteiger partial charge is 0.355 e. The molecular formula is C23H26N6O. The number of carbonyl (C=O) groups excluding carboxylic acids is 1. The average Bonchev–Trinajstić information content (AvgIpc) is 3.62. The van der Waals surface area contributed by atoms with Gasteiger partial charge in [-0.25, -0.2) is 4.98 Å². The summed E-state index contributed by atoms with van der Waals surface area (Å²) >= 11 is 0. The topological polar surface area (TPSA) is 74.2 Å². The first-order valence-corrected chi connectivity index (χ1v) is 10.6. The summed E-state index contributed by atoms with van der Waals surface area (Å²) in [6, 6.07) is 14.4. The number of nitrogens with one attached hydrogen (secondary N) is 1. The number of anilines is 2. The first-order chi connectivity index (χ1) is 14.7. The van der Waals surface area contributed by atoms with Crippen molar-refractivity contribution in [2.45, 2.75) is 37.8 Å². The number of aromatic nitrogens is 3. The lowest BCUT2D eigenvalue weighted by molar-refractivity contribution is 0.0952. The van der Waals surface area contributed by atoms with Gasteiger partial charge in [-0.2, -0.15) is 5.10 Å². The molecule has 1 amide bonds. The van der Waals surface area contributed by atoms with Crippen molar-refractivity contribution >= 4 is 28.4 Å². The van der Waals surface area contributed by atoms with E-state index in [0.717, 1.165) is 61.3 Å². The normalized spacial score (nSPS) is 19.0. The van der Waals surface area contributed by atoms with E-state index in [1.807, 2.05) is 42.5 Å². The molecule has 1 aliphatic carbocycles. The van der Waals surface area contributed by atoms with Crippen molar-refractivity contribution in [2.75, 3.05) is 29.9 Å². The van der Waals surface area contributed by atoms with Crippen molar-refractivity contribution in [3.05, 3.63) is 54.2 Å². The van der Waals surface area contributed by atoms with Crippen LogP contribution >= 0.6 is 0 Å². The lowest BCUT2D eigenvalue weighted by atomic mass is 10.0. The van der Waals surface area contributed by atoms with Crippen molar-refractivity contribution in [3.63, 3.8) is 0 Å². The molecule has 1 saturated carbocycles. The minimum Gasteiger partial charge on any atom is -0.355 e. The van der Waals surface area contributed by atoms with Gasteiger partial charge < -0.3 is 15.1 Å². The van der Waals surface area contributed by atoms with Crippen molar-refractivity contribution in [3.8, 4) is 0 Å². The Morgan fingerprint density at radius 1 is 1.17 bits per heavy atom. The second kappa shape index (κ2) is 7.89. The van der Waals surface area contributed by atoms with Crippen LogP contribution in [0.15, 0.2) is 48.7 Å². The number of fused-ring (bicyclic) bond motifs is 1. The molecule has 1 unspecified atom stereocenters. The maximum absolute atomic E-state index is 12.9. The fourth-order valence-electron chi connectivity index (χ4n) is 4.15. The molecule has 2 aromatic heterocycles. The fourth-order valence-corrected chi connectivity index (χ4v) is 4.15. The van der Waals surface area contributed by atoms with Gasteiger partial charge in [0.15, 0.2) is 5.82 Å². The van der Waals surface area contributed by atoms with Crippen LogP contribution in [0.25, 0.3) is 10.9 Å². The lowest BCUT2D eigenvalue weighted by Crippen LogP contribution is -2.47. The van der Waals surface area contributed by atoms with Crippen molar-refractivity contribution in [1.82, 2.24) is 20.5 Å². The molecule has 7 heteroatoms. The Kier molecular flexibility index (Phi) is 4.94. The van der Waals surface area contributed by atoms with Crippen LogP contribution in [0.1, 0.15) is 36.0 Å². The van der Waals surface area contributed by atoms with Crippen LogP contribution < -0.4 is 15.1 Å². The molecule has 5 rings (SSSR count). The monoisotopic (exact) mass is 402 g/mol. The van der Waals surface area contributed by atoms with Crippen LogP contribution in [0.5, 0.6) is 0 Å². The lowest BCUT2D eigenvalue weighted by Gasteiger charge is -2.38. The number of carbonyl (C=O) groups is 1. The summed E-state index contributed by atoms with van der Waals surface area (Å²) in [5.41, 5.74) is 1.56. The van der Waals surface area contributed by atoms with Gasteiger partial charge in [0.05, 0.1) is 11.1 Å². The Balaban J connectivity index is 1.44. The van der Waals surface area contributed by atoms with Crippen LogP contribution in [0, 0.1) is 0 Å². The average molecular weight is 403 g/mol. The van der Waals surface area contributed by atoms with E-state index in [2.05, 4.69) is 32.4 Å². The van der Waals surface area contributed by atoms with Crippen molar-refractivity contribution in [2.24, 2.45) is 0 Å². The summed E-state index contributed by atoms with van der Waals surface area (Å²) < 4.78 is 0. The maximum Gasteiger partial charge on any atom is 0.252 e. The summed E-state index contributed by atoms with van der Waals surface area (Å²) in [7, 11) is 2.07. The molecule has 154 valence electrons. The molecular weight excluding hydrogens is 376 g/mol. The Labute approximate surface area is 176 Å². The van der Waals surface area contributed by atoms with Gasteiger partial charge in [-0.15, -0.1) is 5.10 Å². The number of rotatable bonds is 5. The summed E-state index contributed by atoms with van der Waals surface area (Å²) in [6.45, 7) is 1.83. The molecule has 1 saturated heterocycles. The standard InChI is InChI=1S/C23H26N6O/c1-28(17-6-5-13-29(15-17)21-9-4-12-24-27-21)22-14-19(23(30)25-16-10-11-16)18-7-2-3-8-20(18)26-22/h2-4,7-9,12,14,16-17H,5-6,10-11,13,15H2,1H3,(H,25,30). The van der Waals surface area contributed by atoms with Crippen LogP contribution in [-0.2, 0) is 0 Å².